The second-order valence-corrected chi connectivity index (χ2v) is 13.8. The molecule has 0 aliphatic carbocycles. The highest BCUT2D eigenvalue weighted by molar-refractivity contribution is 6.60. The molecule has 0 saturated carbocycles. The molecular weight excluding hydrogens is 602 g/mol. The number of ether oxygens (including phenoxy) is 3. The van der Waals surface area contributed by atoms with Crippen molar-refractivity contribution < 1.29 is 37.1 Å². The first kappa shape index (κ1) is 39.3. The number of amides is 1. The maximum Gasteiger partial charge on any atom is 0.500 e. The molecule has 10 heteroatoms. The Morgan fingerprint density at radius 1 is 0.696 bits per heavy atom. The van der Waals surface area contributed by atoms with Gasteiger partial charge in [-0.3, -0.25) is 0 Å². The third-order valence-corrected chi connectivity index (χ3v) is 10.5. The molecule has 0 heterocycles. The van der Waals surface area contributed by atoms with Crippen LogP contribution < -0.4 is 10.1 Å². The summed E-state index contributed by atoms with van der Waals surface area (Å²) in [5, 5.41) is 4.98. The molecule has 258 valence electrons. The molecule has 0 unspecified atom stereocenters. The number of esters is 1. The molecule has 0 aromatic heterocycles. The van der Waals surface area contributed by atoms with Crippen LogP contribution in [-0.2, 0) is 27.5 Å². The molecule has 0 bridgehead atoms. The van der Waals surface area contributed by atoms with Gasteiger partial charge in [0.15, 0.2) is 0 Å². The molecule has 0 radical (unpaired) electrons. The number of hydrogen-bond donors (Lipinski definition) is 1. The highest BCUT2D eigenvalue weighted by Gasteiger charge is 2.39. The number of unbranched alkanes of at least 4 members (excludes halogenated alkanes) is 7. The predicted octanol–water partition coefficient (Wildman–Crippen LogP) is 8.47. The average molecular weight is 660 g/mol. The lowest BCUT2D eigenvalue weighted by atomic mass is 10.1. The zero-order valence-electron chi connectivity index (χ0n) is 28.6. The first-order chi connectivity index (χ1) is 22.4. The fraction of sp³-hybridized carbons (Fsp3) is 0.611. The van der Waals surface area contributed by atoms with E-state index in [1.54, 1.807) is 6.08 Å². The van der Waals surface area contributed by atoms with Crippen LogP contribution in [0.15, 0.2) is 42.5 Å². The molecule has 1 N–H and O–H groups in total. The van der Waals surface area contributed by atoms with Crippen LogP contribution in [-0.4, -0.2) is 67.1 Å². The summed E-state index contributed by atoms with van der Waals surface area (Å²) in [5.74, 6) is 0.536. The van der Waals surface area contributed by atoms with E-state index in [0.717, 1.165) is 60.8 Å². The molecule has 0 aliphatic rings. The minimum atomic E-state index is -2.69. The van der Waals surface area contributed by atoms with Crippen molar-refractivity contribution in [2.45, 2.75) is 97.9 Å². The number of alkyl carbamates (subject to hydrolysis) is 1. The van der Waals surface area contributed by atoms with Gasteiger partial charge in [-0.1, -0.05) is 50.8 Å². The van der Waals surface area contributed by atoms with E-state index < -0.39 is 14.9 Å². The summed E-state index contributed by atoms with van der Waals surface area (Å²) in [5.41, 5.74) is 0.939. The molecule has 2 rings (SSSR count). The van der Waals surface area contributed by atoms with Crippen molar-refractivity contribution in [1.82, 2.24) is 5.32 Å². The van der Waals surface area contributed by atoms with E-state index in [-0.39, 0.29) is 5.97 Å². The van der Waals surface area contributed by atoms with Gasteiger partial charge in [-0.05, 0) is 99.9 Å². The molecule has 0 spiro atoms. The Kier molecular flexibility index (Phi) is 20.7. The smallest absolute Gasteiger partial charge is 0.494 e. The zero-order chi connectivity index (χ0) is 33.3. The summed E-state index contributed by atoms with van der Waals surface area (Å²) in [6, 6.07) is 12.8. The van der Waals surface area contributed by atoms with Gasteiger partial charge in [-0.15, -0.1) is 0 Å². The Morgan fingerprint density at radius 3 is 1.98 bits per heavy atom. The maximum atomic E-state index is 12.2. The van der Waals surface area contributed by atoms with Crippen molar-refractivity contribution in [3.8, 4) is 5.75 Å². The van der Waals surface area contributed by atoms with Crippen LogP contribution in [0.5, 0.6) is 5.75 Å². The molecule has 0 aliphatic heterocycles. The first-order valence-corrected chi connectivity index (χ1v) is 19.2. The highest BCUT2D eigenvalue weighted by Crippen LogP contribution is 2.23. The van der Waals surface area contributed by atoms with Crippen molar-refractivity contribution in [3.63, 3.8) is 0 Å². The van der Waals surface area contributed by atoms with Crippen molar-refractivity contribution in [1.29, 1.82) is 0 Å². The van der Waals surface area contributed by atoms with E-state index >= 15 is 0 Å². The number of fused-ring (bicyclic) bond motifs is 1. The Hall–Kier alpha value is -2.92. The number of carbonyl (C=O) groups is 2. The standard InChI is InChI=1S/C36H57NO8Si/c1-5-9-10-11-14-25-40-34-22-21-32-29-31(18-20-33(32)30-34)19-23-35(38)41-26-15-12-13-16-27-42-36(39)37-24-17-28-46(43-6-2,44-7-3)45-8-4/h18-23,29-30H,5-17,24-28H2,1-4H3,(H,37,39)/b23-19+. The average Bonchev–Trinajstić information content (AvgIpc) is 3.05. The molecule has 0 atom stereocenters. The van der Waals surface area contributed by atoms with Crippen molar-refractivity contribution in [2.75, 3.05) is 46.2 Å². The number of carbonyl (C=O) groups excluding carboxylic acids is 2. The Balaban J connectivity index is 1.54. The van der Waals surface area contributed by atoms with Crippen LogP contribution in [0, 0.1) is 0 Å². The summed E-state index contributed by atoms with van der Waals surface area (Å²) < 4.78 is 34.0. The molecule has 9 nitrogen and oxygen atoms in total. The van der Waals surface area contributed by atoms with E-state index in [1.807, 2.05) is 39.0 Å². The quantitative estimate of drug-likeness (QED) is 0.0465. The van der Waals surface area contributed by atoms with Gasteiger partial charge in [-0.25, -0.2) is 9.59 Å². The van der Waals surface area contributed by atoms with Gasteiger partial charge >= 0.3 is 20.9 Å². The summed E-state index contributed by atoms with van der Waals surface area (Å²) >= 11 is 0. The highest BCUT2D eigenvalue weighted by atomic mass is 28.4. The van der Waals surface area contributed by atoms with Crippen molar-refractivity contribution >= 4 is 37.7 Å². The summed E-state index contributed by atoms with van der Waals surface area (Å²) in [6.07, 6.45) is 12.9. The van der Waals surface area contributed by atoms with Gasteiger partial charge in [0.05, 0.1) is 19.8 Å². The summed E-state index contributed by atoms with van der Waals surface area (Å²) in [6.45, 7) is 11.5. The van der Waals surface area contributed by atoms with Crippen LogP contribution in [0.2, 0.25) is 6.04 Å². The maximum absolute atomic E-state index is 12.2. The van der Waals surface area contributed by atoms with E-state index in [4.69, 9.17) is 27.5 Å². The Bertz CT molecular complexity index is 1140. The Morgan fingerprint density at radius 2 is 1.30 bits per heavy atom. The van der Waals surface area contributed by atoms with Crippen LogP contribution in [0.3, 0.4) is 0 Å². The fourth-order valence-electron chi connectivity index (χ4n) is 4.99. The molecule has 1 amide bonds. The molecule has 0 saturated heterocycles. The van der Waals surface area contributed by atoms with Gasteiger partial charge in [0.2, 0.25) is 0 Å². The van der Waals surface area contributed by atoms with E-state index in [2.05, 4.69) is 30.4 Å². The second kappa shape index (κ2) is 24.3. The van der Waals surface area contributed by atoms with Crippen molar-refractivity contribution in [3.05, 3.63) is 48.0 Å². The normalized spacial score (nSPS) is 11.7. The predicted molar refractivity (Wildman–Crippen MR) is 186 cm³/mol. The summed E-state index contributed by atoms with van der Waals surface area (Å²) in [4.78, 5) is 24.2. The lowest BCUT2D eigenvalue weighted by Crippen LogP contribution is -2.46. The minimum Gasteiger partial charge on any atom is -0.494 e. The van der Waals surface area contributed by atoms with Crippen LogP contribution in [0.4, 0.5) is 4.79 Å². The van der Waals surface area contributed by atoms with Gasteiger partial charge in [0.25, 0.3) is 0 Å². The second-order valence-electron chi connectivity index (χ2n) is 11.1. The number of benzene rings is 2. The van der Waals surface area contributed by atoms with Crippen LogP contribution in [0.25, 0.3) is 16.8 Å². The number of hydrogen-bond acceptors (Lipinski definition) is 8. The van der Waals surface area contributed by atoms with Gasteiger partial charge in [0, 0.05) is 38.5 Å². The van der Waals surface area contributed by atoms with Crippen molar-refractivity contribution in [2.24, 2.45) is 0 Å². The number of rotatable bonds is 26. The topological polar surface area (TPSA) is 102 Å². The zero-order valence-corrected chi connectivity index (χ0v) is 29.6. The van der Waals surface area contributed by atoms with Crippen LogP contribution in [0.1, 0.15) is 97.5 Å². The first-order valence-electron chi connectivity index (χ1n) is 17.3. The van der Waals surface area contributed by atoms with E-state index in [1.165, 1.54) is 31.8 Å². The molecular formula is C36H57NO8Si. The van der Waals surface area contributed by atoms with Gasteiger partial charge < -0.3 is 32.8 Å². The minimum absolute atomic E-state index is 0.350. The fourth-order valence-corrected chi connectivity index (χ4v) is 7.60. The lowest BCUT2D eigenvalue weighted by Gasteiger charge is -2.28. The largest absolute Gasteiger partial charge is 0.500 e. The molecule has 46 heavy (non-hydrogen) atoms. The van der Waals surface area contributed by atoms with E-state index in [0.29, 0.717) is 52.0 Å². The third-order valence-electron chi connectivity index (χ3n) is 7.30. The van der Waals surface area contributed by atoms with Crippen LogP contribution >= 0.6 is 0 Å². The monoisotopic (exact) mass is 659 g/mol. The number of nitrogens with one attached hydrogen (secondary N) is 1. The molecule has 2 aromatic rings. The molecule has 2 aromatic carbocycles. The van der Waals surface area contributed by atoms with E-state index in [9.17, 15) is 9.59 Å². The van der Waals surface area contributed by atoms with Gasteiger partial charge in [0.1, 0.15) is 5.75 Å². The third kappa shape index (κ3) is 16.6. The molecule has 0 fully saturated rings. The van der Waals surface area contributed by atoms with Gasteiger partial charge in [-0.2, -0.15) is 0 Å². The lowest BCUT2D eigenvalue weighted by molar-refractivity contribution is -0.137. The summed E-state index contributed by atoms with van der Waals surface area (Å²) in [7, 11) is -2.69. The Labute approximate surface area is 277 Å². The SMILES string of the molecule is CCCCCCCOc1ccc2cc(/C=C/C(=O)OCCCCCCOC(=O)NCCC[Si](OCC)(OCC)OCC)ccc2c1.